The van der Waals surface area contributed by atoms with Gasteiger partial charge in [-0.15, -0.1) is 0 Å². The van der Waals surface area contributed by atoms with Gasteiger partial charge in [0.2, 0.25) is 10.0 Å². The maximum Gasteiger partial charge on any atom is 0.244 e. The molecule has 7 heteroatoms. The first-order chi connectivity index (χ1) is 9.01. The molecule has 0 unspecified atom stereocenters. The lowest BCUT2D eigenvalue weighted by Gasteiger charge is -2.41. The van der Waals surface area contributed by atoms with E-state index in [0.717, 1.165) is 32.1 Å². The van der Waals surface area contributed by atoms with Crippen LogP contribution in [0.3, 0.4) is 0 Å². The van der Waals surface area contributed by atoms with Crippen molar-refractivity contribution in [3.63, 3.8) is 0 Å². The molecular formula is C12H22N4O2S. The zero-order chi connectivity index (χ0) is 13.9. The fourth-order valence-electron chi connectivity index (χ4n) is 2.33. The number of hydrogen-bond donors (Lipinski definition) is 2. The molecule has 1 aliphatic carbocycles. The second-order valence-corrected chi connectivity index (χ2v) is 6.86. The van der Waals surface area contributed by atoms with E-state index >= 15 is 0 Å². The van der Waals surface area contributed by atoms with Crippen LogP contribution in [0.25, 0.3) is 0 Å². The lowest BCUT2D eigenvalue weighted by atomic mass is 9.76. The normalized spacial score (nSPS) is 18.2. The van der Waals surface area contributed by atoms with Crippen molar-refractivity contribution in [1.29, 1.82) is 0 Å². The monoisotopic (exact) mass is 286 g/mol. The molecule has 1 aromatic heterocycles. The molecule has 0 atom stereocenters. The van der Waals surface area contributed by atoms with Crippen molar-refractivity contribution in [3.8, 4) is 0 Å². The van der Waals surface area contributed by atoms with Crippen molar-refractivity contribution in [2.45, 2.75) is 56.0 Å². The quantitative estimate of drug-likeness (QED) is 0.777. The summed E-state index contributed by atoms with van der Waals surface area (Å²) >= 11 is 0. The minimum atomic E-state index is -3.46. The highest BCUT2D eigenvalue weighted by molar-refractivity contribution is 7.89. The summed E-state index contributed by atoms with van der Waals surface area (Å²) in [6, 6.07) is 0. The van der Waals surface area contributed by atoms with E-state index in [1.54, 1.807) is 10.9 Å². The van der Waals surface area contributed by atoms with Gasteiger partial charge >= 0.3 is 0 Å². The molecule has 0 amide bonds. The molecule has 0 aliphatic heterocycles. The van der Waals surface area contributed by atoms with Gasteiger partial charge in [0.05, 0.1) is 6.20 Å². The SMILES string of the molecule is CCC1(NS(=O)(=O)c2cnn(CCCN)c2)CCC1. The number of aromatic nitrogens is 2. The van der Waals surface area contributed by atoms with Crippen molar-refractivity contribution in [3.05, 3.63) is 12.4 Å². The summed E-state index contributed by atoms with van der Waals surface area (Å²) in [7, 11) is -3.46. The van der Waals surface area contributed by atoms with Crippen LogP contribution < -0.4 is 10.5 Å². The molecule has 3 N–H and O–H groups in total. The Morgan fingerprint density at radius 2 is 2.26 bits per heavy atom. The molecule has 2 rings (SSSR count). The van der Waals surface area contributed by atoms with E-state index in [9.17, 15) is 8.42 Å². The van der Waals surface area contributed by atoms with E-state index < -0.39 is 10.0 Å². The second kappa shape index (κ2) is 5.60. The van der Waals surface area contributed by atoms with Crippen LogP contribution in [0.5, 0.6) is 0 Å². The van der Waals surface area contributed by atoms with Gasteiger partial charge in [0.1, 0.15) is 4.90 Å². The Bertz CT molecular complexity index is 514. The fraction of sp³-hybridized carbons (Fsp3) is 0.750. The number of nitrogens with two attached hydrogens (primary N) is 1. The number of aryl methyl sites for hydroxylation is 1. The van der Waals surface area contributed by atoms with Crippen LogP contribution in [0, 0.1) is 0 Å². The summed E-state index contributed by atoms with van der Waals surface area (Å²) in [5.74, 6) is 0. The van der Waals surface area contributed by atoms with Gasteiger partial charge in [-0.3, -0.25) is 4.68 Å². The number of sulfonamides is 1. The Morgan fingerprint density at radius 3 is 2.79 bits per heavy atom. The van der Waals surface area contributed by atoms with Crippen molar-refractivity contribution in [1.82, 2.24) is 14.5 Å². The van der Waals surface area contributed by atoms with Gasteiger partial charge in [0, 0.05) is 18.3 Å². The first-order valence-corrected chi connectivity index (χ1v) is 8.26. The standard InChI is InChI=1S/C12H22N4O2S/c1-2-12(5-3-6-12)15-19(17,18)11-9-14-16(10-11)8-4-7-13/h9-10,15H,2-8,13H2,1H3. The summed E-state index contributed by atoms with van der Waals surface area (Å²) < 4.78 is 29.1. The number of rotatable bonds is 7. The molecule has 19 heavy (non-hydrogen) atoms. The molecule has 1 aromatic rings. The molecular weight excluding hydrogens is 264 g/mol. The van der Waals surface area contributed by atoms with Crippen LogP contribution in [0.1, 0.15) is 39.0 Å². The number of nitrogens with zero attached hydrogens (tertiary/aromatic N) is 2. The smallest absolute Gasteiger partial charge is 0.244 e. The van der Waals surface area contributed by atoms with Crippen molar-refractivity contribution in [2.75, 3.05) is 6.54 Å². The van der Waals surface area contributed by atoms with Crippen molar-refractivity contribution in [2.24, 2.45) is 5.73 Å². The third kappa shape index (κ3) is 3.16. The Labute approximate surface area is 114 Å². The van der Waals surface area contributed by atoms with Gasteiger partial charge in [-0.25, -0.2) is 13.1 Å². The molecule has 0 saturated heterocycles. The Balaban J connectivity index is 2.08. The van der Waals surface area contributed by atoms with Crippen molar-refractivity contribution >= 4 is 10.0 Å². The molecule has 108 valence electrons. The molecule has 0 aromatic carbocycles. The van der Waals surface area contributed by atoms with Crippen LogP contribution in [-0.2, 0) is 16.6 Å². The van der Waals surface area contributed by atoms with Crippen molar-refractivity contribution < 1.29 is 8.42 Å². The van der Waals surface area contributed by atoms with Gasteiger partial charge in [-0.2, -0.15) is 5.10 Å². The zero-order valence-corrected chi connectivity index (χ0v) is 12.1. The molecule has 1 heterocycles. The molecule has 1 aliphatic rings. The van der Waals surface area contributed by atoms with E-state index in [1.165, 1.54) is 6.20 Å². The van der Waals surface area contributed by atoms with Crippen LogP contribution in [0.4, 0.5) is 0 Å². The molecule has 1 saturated carbocycles. The van der Waals surface area contributed by atoms with E-state index in [1.807, 2.05) is 6.92 Å². The van der Waals surface area contributed by atoms with Crippen LogP contribution >= 0.6 is 0 Å². The Hall–Kier alpha value is -0.920. The van der Waals surface area contributed by atoms with E-state index in [4.69, 9.17) is 5.73 Å². The summed E-state index contributed by atoms with van der Waals surface area (Å²) in [6.07, 6.45) is 7.52. The maximum absolute atomic E-state index is 12.3. The molecule has 1 fully saturated rings. The van der Waals surface area contributed by atoms with E-state index in [-0.39, 0.29) is 10.4 Å². The highest BCUT2D eigenvalue weighted by atomic mass is 32.2. The fourth-order valence-corrected chi connectivity index (χ4v) is 3.82. The Kier molecular flexibility index (Phi) is 4.27. The molecule has 6 nitrogen and oxygen atoms in total. The van der Waals surface area contributed by atoms with Crippen LogP contribution in [0.2, 0.25) is 0 Å². The van der Waals surface area contributed by atoms with Crippen LogP contribution in [0.15, 0.2) is 17.3 Å². The minimum Gasteiger partial charge on any atom is -0.330 e. The molecule has 0 radical (unpaired) electrons. The third-order valence-electron chi connectivity index (χ3n) is 3.85. The lowest BCUT2D eigenvalue weighted by Crippen LogP contribution is -2.52. The number of nitrogens with one attached hydrogen (secondary N) is 1. The zero-order valence-electron chi connectivity index (χ0n) is 11.3. The van der Waals surface area contributed by atoms with Gasteiger partial charge in [-0.05, 0) is 38.6 Å². The van der Waals surface area contributed by atoms with Gasteiger partial charge in [0.15, 0.2) is 0 Å². The molecule has 0 spiro atoms. The number of hydrogen-bond acceptors (Lipinski definition) is 4. The summed E-state index contributed by atoms with van der Waals surface area (Å²) in [6.45, 7) is 3.23. The topological polar surface area (TPSA) is 90.0 Å². The summed E-state index contributed by atoms with van der Waals surface area (Å²) in [5, 5.41) is 4.06. The second-order valence-electron chi connectivity index (χ2n) is 5.17. The van der Waals surface area contributed by atoms with E-state index in [2.05, 4.69) is 9.82 Å². The average Bonchev–Trinajstić information content (AvgIpc) is 2.81. The van der Waals surface area contributed by atoms with Crippen LogP contribution in [-0.4, -0.2) is 30.3 Å². The first-order valence-electron chi connectivity index (χ1n) is 6.78. The Morgan fingerprint density at radius 1 is 1.53 bits per heavy atom. The van der Waals surface area contributed by atoms with Gasteiger partial charge < -0.3 is 5.73 Å². The predicted molar refractivity (Wildman–Crippen MR) is 73.1 cm³/mol. The average molecular weight is 286 g/mol. The minimum absolute atomic E-state index is 0.238. The highest BCUT2D eigenvalue weighted by Gasteiger charge is 2.39. The maximum atomic E-state index is 12.3. The van der Waals surface area contributed by atoms with E-state index in [0.29, 0.717) is 13.1 Å². The first kappa shape index (κ1) is 14.5. The predicted octanol–water partition coefficient (Wildman–Crippen LogP) is 0.843. The van der Waals surface area contributed by atoms with Gasteiger partial charge in [0.25, 0.3) is 0 Å². The summed E-state index contributed by atoms with van der Waals surface area (Å²) in [4.78, 5) is 0.240. The summed E-state index contributed by atoms with van der Waals surface area (Å²) in [5.41, 5.74) is 5.19. The highest BCUT2D eigenvalue weighted by Crippen LogP contribution is 2.35. The molecule has 0 bridgehead atoms. The largest absolute Gasteiger partial charge is 0.330 e. The van der Waals surface area contributed by atoms with Gasteiger partial charge in [-0.1, -0.05) is 6.92 Å². The lowest BCUT2D eigenvalue weighted by molar-refractivity contribution is 0.214. The third-order valence-corrected chi connectivity index (χ3v) is 5.38.